The van der Waals surface area contributed by atoms with Crippen LogP contribution in [-0.2, 0) is 4.74 Å². The minimum Gasteiger partial charge on any atom is -0.376 e. The van der Waals surface area contributed by atoms with Gasteiger partial charge >= 0.3 is 6.18 Å². The van der Waals surface area contributed by atoms with E-state index in [4.69, 9.17) is 4.74 Å². The summed E-state index contributed by atoms with van der Waals surface area (Å²) in [6.07, 6.45) is -3.12. The monoisotopic (exact) mass is 412 g/mol. The number of nitrogens with one attached hydrogen (secondary N) is 1. The molecule has 0 aliphatic heterocycles. The molecule has 1 saturated carbocycles. The first kappa shape index (κ1) is 21.5. The molecule has 1 atom stereocenters. The number of halogens is 4. The predicted octanol–water partition coefficient (Wildman–Crippen LogP) is 5.02. The van der Waals surface area contributed by atoms with Crippen molar-refractivity contribution < 1.29 is 27.1 Å². The van der Waals surface area contributed by atoms with Crippen LogP contribution in [0.3, 0.4) is 0 Å². The average Bonchev–Trinajstić information content (AvgIpc) is 2.56. The van der Waals surface area contributed by atoms with Gasteiger partial charge in [0.2, 0.25) is 0 Å². The Hall–Kier alpha value is -2.22. The number of hydrogen-bond donors (Lipinski definition) is 1. The van der Waals surface area contributed by atoms with E-state index < -0.39 is 29.9 Å². The second kappa shape index (κ2) is 7.55. The molecule has 1 heterocycles. The van der Waals surface area contributed by atoms with Gasteiger partial charge in [0.15, 0.2) is 0 Å². The van der Waals surface area contributed by atoms with Crippen LogP contribution in [0.15, 0.2) is 30.5 Å². The van der Waals surface area contributed by atoms with Gasteiger partial charge in [-0.1, -0.05) is 26.0 Å². The molecule has 1 amide bonds. The molecule has 0 radical (unpaired) electrons. The van der Waals surface area contributed by atoms with Crippen molar-refractivity contribution in [2.45, 2.75) is 57.9 Å². The highest BCUT2D eigenvalue weighted by Gasteiger charge is 2.43. The number of amides is 1. The van der Waals surface area contributed by atoms with Crippen molar-refractivity contribution in [3.8, 4) is 0 Å². The number of nitrogens with zero attached hydrogens (tertiary/aromatic N) is 1. The van der Waals surface area contributed by atoms with Crippen LogP contribution < -0.4 is 5.32 Å². The molecule has 158 valence electrons. The van der Waals surface area contributed by atoms with Crippen LogP contribution in [-0.4, -0.2) is 35.3 Å². The zero-order chi connectivity index (χ0) is 21.4. The SMILES string of the molecule is CC1(C)CC(OCC(C)(CC(F)(F)F)NC(=O)c2cnc3c(F)cccc3c2)C1. The Morgan fingerprint density at radius 2 is 2.00 bits per heavy atom. The Bertz CT molecular complexity index is 905. The number of para-hydroxylation sites is 1. The highest BCUT2D eigenvalue weighted by Crippen LogP contribution is 2.42. The molecule has 3 rings (SSSR count). The maximum absolute atomic E-state index is 13.7. The number of ether oxygens (including phenoxy) is 1. The molecule has 1 aromatic carbocycles. The van der Waals surface area contributed by atoms with Crippen molar-refractivity contribution >= 4 is 16.8 Å². The molecule has 1 aliphatic carbocycles. The number of fused-ring (bicyclic) bond motifs is 1. The fraction of sp³-hybridized carbons (Fsp3) is 0.524. The normalized spacial score (nSPS) is 18.9. The number of carbonyl (C=O) groups is 1. The van der Waals surface area contributed by atoms with Gasteiger partial charge in [-0.25, -0.2) is 4.39 Å². The van der Waals surface area contributed by atoms with E-state index >= 15 is 0 Å². The highest BCUT2D eigenvalue weighted by molar-refractivity contribution is 5.97. The summed E-state index contributed by atoms with van der Waals surface area (Å²) in [6.45, 7) is 5.20. The van der Waals surface area contributed by atoms with Crippen LogP contribution in [0.5, 0.6) is 0 Å². The molecule has 4 nitrogen and oxygen atoms in total. The molecule has 1 N–H and O–H groups in total. The molecule has 1 aromatic heterocycles. The Kier molecular flexibility index (Phi) is 5.60. The van der Waals surface area contributed by atoms with Gasteiger partial charge in [0, 0.05) is 11.6 Å². The van der Waals surface area contributed by atoms with E-state index in [2.05, 4.69) is 24.1 Å². The van der Waals surface area contributed by atoms with Crippen molar-refractivity contribution in [3.63, 3.8) is 0 Å². The summed E-state index contributed by atoms with van der Waals surface area (Å²) in [7, 11) is 0. The molecule has 1 fully saturated rings. The number of benzene rings is 1. The van der Waals surface area contributed by atoms with E-state index in [0.29, 0.717) is 5.39 Å². The Morgan fingerprint density at radius 3 is 2.62 bits per heavy atom. The van der Waals surface area contributed by atoms with Gasteiger partial charge in [0.05, 0.1) is 30.2 Å². The lowest BCUT2D eigenvalue weighted by molar-refractivity contribution is -0.160. The fourth-order valence-corrected chi connectivity index (χ4v) is 3.76. The molecular formula is C21H24F4N2O2. The smallest absolute Gasteiger partial charge is 0.376 e. The van der Waals surface area contributed by atoms with Crippen LogP contribution in [0, 0.1) is 11.2 Å². The van der Waals surface area contributed by atoms with Crippen molar-refractivity contribution in [1.29, 1.82) is 0 Å². The second-order valence-electron chi connectivity index (χ2n) is 8.85. The number of rotatable bonds is 6. The second-order valence-corrected chi connectivity index (χ2v) is 8.85. The first-order chi connectivity index (χ1) is 13.4. The minimum absolute atomic E-state index is 0.0567. The maximum Gasteiger partial charge on any atom is 0.391 e. The molecule has 0 saturated heterocycles. The Morgan fingerprint density at radius 1 is 1.31 bits per heavy atom. The van der Waals surface area contributed by atoms with E-state index in [1.807, 2.05) is 0 Å². The molecule has 8 heteroatoms. The van der Waals surface area contributed by atoms with Gasteiger partial charge in [-0.3, -0.25) is 9.78 Å². The summed E-state index contributed by atoms with van der Waals surface area (Å²) in [5.74, 6) is -1.25. The van der Waals surface area contributed by atoms with Gasteiger partial charge in [-0.15, -0.1) is 0 Å². The molecule has 0 bridgehead atoms. The Balaban J connectivity index is 1.74. The van der Waals surface area contributed by atoms with Crippen LogP contribution in [0.25, 0.3) is 10.9 Å². The fourth-order valence-electron chi connectivity index (χ4n) is 3.76. The largest absolute Gasteiger partial charge is 0.391 e. The van der Waals surface area contributed by atoms with Crippen LogP contribution in [0.4, 0.5) is 17.6 Å². The number of hydrogen-bond acceptors (Lipinski definition) is 3. The zero-order valence-electron chi connectivity index (χ0n) is 16.6. The third-order valence-electron chi connectivity index (χ3n) is 5.13. The third-order valence-corrected chi connectivity index (χ3v) is 5.13. The quantitative estimate of drug-likeness (QED) is 0.678. The molecule has 29 heavy (non-hydrogen) atoms. The maximum atomic E-state index is 13.7. The van der Waals surface area contributed by atoms with Crippen LogP contribution in [0.2, 0.25) is 0 Å². The summed E-state index contributed by atoms with van der Waals surface area (Å²) in [5, 5.41) is 2.84. The Labute approximate surface area is 166 Å². The van der Waals surface area contributed by atoms with E-state index in [1.165, 1.54) is 25.1 Å². The molecule has 2 aromatic rings. The average molecular weight is 412 g/mol. The van der Waals surface area contributed by atoms with E-state index in [9.17, 15) is 22.4 Å². The van der Waals surface area contributed by atoms with E-state index in [1.54, 1.807) is 6.07 Å². The summed E-state index contributed by atoms with van der Waals surface area (Å²) < 4.78 is 58.8. The third kappa shape index (κ3) is 5.44. The van der Waals surface area contributed by atoms with Crippen molar-refractivity contribution in [3.05, 3.63) is 41.8 Å². The van der Waals surface area contributed by atoms with Crippen molar-refractivity contribution in [2.24, 2.45) is 5.41 Å². The summed E-state index contributed by atoms with van der Waals surface area (Å²) >= 11 is 0. The first-order valence-corrected chi connectivity index (χ1v) is 9.41. The number of pyridine rings is 1. The summed E-state index contributed by atoms with van der Waals surface area (Å²) in [6, 6.07) is 5.71. The zero-order valence-corrected chi connectivity index (χ0v) is 16.6. The van der Waals surface area contributed by atoms with Gasteiger partial charge in [-0.05, 0) is 37.3 Å². The van der Waals surface area contributed by atoms with Crippen molar-refractivity contribution in [2.75, 3.05) is 6.61 Å². The molecule has 1 aliphatic rings. The lowest BCUT2D eigenvalue weighted by Crippen LogP contribution is -2.53. The van der Waals surface area contributed by atoms with Gasteiger partial charge in [0.1, 0.15) is 11.3 Å². The van der Waals surface area contributed by atoms with Gasteiger partial charge in [-0.2, -0.15) is 13.2 Å². The van der Waals surface area contributed by atoms with E-state index in [0.717, 1.165) is 19.0 Å². The van der Waals surface area contributed by atoms with E-state index in [-0.39, 0.29) is 29.2 Å². The van der Waals surface area contributed by atoms with Crippen LogP contribution in [0.1, 0.15) is 50.4 Å². The van der Waals surface area contributed by atoms with Gasteiger partial charge < -0.3 is 10.1 Å². The number of carbonyl (C=O) groups excluding carboxylic acids is 1. The lowest BCUT2D eigenvalue weighted by Gasteiger charge is -2.44. The summed E-state index contributed by atoms with van der Waals surface area (Å²) in [5.41, 5.74) is -1.36. The van der Waals surface area contributed by atoms with Crippen LogP contribution >= 0.6 is 0 Å². The predicted molar refractivity (Wildman–Crippen MR) is 101 cm³/mol. The molecular weight excluding hydrogens is 388 g/mol. The van der Waals surface area contributed by atoms with Gasteiger partial charge in [0.25, 0.3) is 5.91 Å². The summed E-state index contributed by atoms with van der Waals surface area (Å²) in [4.78, 5) is 16.6. The topological polar surface area (TPSA) is 51.2 Å². The molecule has 0 spiro atoms. The number of aromatic nitrogens is 1. The first-order valence-electron chi connectivity index (χ1n) is 9.41. The molecule has 1 unspecified atom stereocenters. The lowest BCUT2D eigenvalue weighted by atomic mass is 9.70. The minimum atomic E-state index is -4.48. The van der Waals surface area contributed by atoms with Crippen molar-refractivity contribution in [1.82, 2.24) is 10.3 Å². The number of alkyl halides is 3. The standard InChI is InChI=1S/C21H24F4N2O2/c1-19(2)8-15(9-19)29-12-20(3,11-21(23,24)25)27-18(28)14-7-13-5-4-6-16(22)17(13)26-10-14/h4-7,10,15H,8-9,11-12H2,1-3H3,(H,27,28). The highest BCUT2D eigenvalue weighted by atomic mass is 19.4.